The molecule has 9 nitrogen and oxygen atoms in total. The number of nitrogens with zero attached hydrogens (tertiary/aromatic N) is 4. The number of ether oxygens (including phenoxy) is 2. The highest BCUT2D eigenvalue weighted by molar-refractivity contribution is 5.50. The molecule has 1 atom stereocenters. The van der Waals surface area contributed by atoms with Crippen LogP contribution in [0.3, 0.4) is 0 Å². The monoisotopic (exact) mass is 399 g/mol. The van der Waals surface area contributed by atoms with Gasteiger partial charge in [-0.05, 0) is 22.6 Å². The zero-order valence-corrected chi connectivity index (χ0v) is 16.2. The van der Waals surface area contributed by atoms with E-state index in [1.807, 2.05) is 24.3 Å². The van der Waals surface area contributed by atoms with Crippen LogP contribution >= 0.6 is 0 Å². The molecule has 9 heteroatoms. The minimum absolute atomic E-state index is 0.178. The van der Waals surface area contributed by atoms with Gasteiger partial charge >= 0.3 is 11.8 Å². The van der Waals surface area contributed by atoms with Crippen molar-refractivity contribution in [2.45, 2.75) is 19.1 Å². The number of benzene rings is 1. The fourth-order valence-electron chi connectivity index (χ4n) is 3.43. The van der Waals surface area contributed by atoms with Crippen LogP contribution in [0.15, 0.2) is 36.5 Å². The smallest absolute Gasteiger partial charge is 0.414 e. The van der Waals surface area contributed by atoms with Gasteiger partial charge in [0, 0.05) is 50.7 Å². The molecule has 0 spiro atoms. The zero-order valence-electron chi connectivity index (χ0n) is 16.2. The molecule has 4 rings (SSSR count). The summed E-state index contributed by atoms with van der Waals surface area (Å²) in [6, 6.07) is 8.22. The summed E-state index contributed by atoms with van der Waals surface area (Å²) in [7, 11) is 0. The number of hydrogen-bond acceptors (Lipinski definition) is 7. The van der Waals surface area contributed by atoms with Crippen molar-refractivity contribution in [3.8, 4) is 11.8 Å². The van der Waals surface area contributed by atoms with Gasteiger partial charge < -0.3 is 24.9 Å². The summed E-state index contributed by atoms with van der Waals surface area (Å²) in [5.74, 6) is 0.579. The van der Waals surface area contributed by atoms with Crippen molar-refractivity contribution < 1.29 is 14.4 Å². The van der Waals surface area contributed by atoms with Crippen molar-refractivity contribution >= 4 is 11.9 Å². The molecule has 1 unspecified atom stereocenters. The van der Waals surface area contributed by atoms with Crippen LogP contribution in [0.2, 0.25) is 0 Å². The summed E-state index contributed by atoms with van der Waals surface area (Å²) in [6.07, 6.45) is 6.26. The van der Waals surface area contributed by atoms with Crippen LogP contribution in [0, 0.1) is 10.1 Å². The Balaban J connectivity index is 1.24. The molecule has 0 radical (unpaired) electrons. The molecule has 1 saturated heterocycles. The van der Waals surface area contributed by atoms with Crippen LogP contribution in [0.4, 0.5) is 5.82 Å². The lowest BCUT2D eigenvalue weighted by Crippen LogP contribution is -2.43. The Labute approximate surface area is 169 Å². The fraction of sp³-hybridized carbons (Fsp3) is 0.450. The lowest BCUT2D eigenvalue weighted by molar-refractivity contribution is -0.389. The lowest BCUT2D eigenvalue weighted by atomic mass is 10.2. The number of hydrogen-bond donors (Lipinski definition) is 1. The predicted molar refractivity (Wildman–Crippen MR) is 108 cm³/mol. The second-order valence-corrected chi connectivity index (χ2v) is 7.19. The van der Waals surface area contributed by atoms with Gasteiger partial charge in [0.15, 0.2) is 0 Å². The van der Waals surface area contributed by atoms with Crippen LogP contribution in [-0.4, -0.2) is 64.8 Å². The van der Waals surface area contributed by atoms with Crippen molar-refractivity contribution in [3.63, 3.8) is 0 Å². The lowest BCUT2D eigenvalue weighted by Gasteiger charge is -2.25. The summed E-state index contributed by atoms with van der Waals surface area (Å²) < 4.78 is 13.2. The van der Waals surface area contributed by atoms with Crippen LogP contribution in [-0.2, 0) is 6.54 Å². The third kappa shape index (κ3) is 5.12. The second-order valence-electron chi connectivity index (χ2n) is 7.19. The Morgan fingerprint density at radius 1 is 1.28 bits per heavy atom. The van der Waals surface area contributed by atoms with E-state index in [1.54, 1.807) is 4.57 Å². The summed E-state index contributed by atoms with van der Waals surface area (Å²) in [5.41, 5.74) is 1.13. The van der Waals surface area contributed by atoms with Gasteiger partial charge in [-0.25, -0.2) is 0 Å². The van der Waals surface area contributed by atoms with Crippen molar-refractivity contribution in [3.05, 3.63) is 52.2 Å². The third-order valence-corrected chi connectivity index (χ3v) is 5.08. The Morgan fingerprint density at radius 2 is 2.07 bits per heavy atom. The van der Waals surface area contributed by atoms with Crippen molar-refractivity contribution in [1.82, 2.24) is 19.8 Å². The summed E-state index contributed by atoms with van der Waals surface area (Å²) in [5, 5.41) is 14.2. The molecule has 1 aromatic carbocycles. The number of piperazine rings is 1. The maximum atomic E-state index is 10.8. The number of nitrogens with one attached hydrogen (secondary N) is 1. The molecule has 0 saturated carbocycles. The summed E-state index contributed by atoms with van der Waals surface area (Å²) in [6.45, 7) is 6.27. The molecule has 0 bridgehead atoms. The van der Waals surface area contributed by atoms with Gasteiger partial charge in [-0.1, -0.05) is 24.3 Å². The Hall–Kier alpha value is -2.91. The van der Waals surface area contributed by atoms with Gasteiger partial charge in [0.05, 0.1) is 0 Å². The van der Waals surface area contributed by atoms with Gasteiger partial charge in [0.2, 0.25) is 0 Å². The van der Waals surface area contributed by atoms with Crippen LogP contribution in [0.25, 0.3) is 6.08 Å². The van der Waals surface area contributed by atoms with E-state index in [0.717, 1.165) is 44.0 Å². The van der Waals surface area contributed by atoms with E-state index in [4.69, 9.17) is 9.47 Å². The minimum atomic E-state index is -0.514. The predicted octanol–water partition coefficient (Wildman–Crippen LogP) is 1.94. The normalized spacial score (nSPS) is 19.7. The Bertz CT molecular complexity index is 858. The molecular weight excluding hydrogens is 374 g/mol. The average Bonchev–Trinajstić information content (AvgIpc) is 3.18. The molecule has 1 aromatic heterocycles. The Kier molecular flexibility index (Phi) is 6.06. The molecule has 2 aliphatic rings. The van der Waals surface area contributed by atoms with E-state index >= 15 is 0 Å². The number of fused-ring (bicyclic) bond motifs is 1. The molecule has 2 aliphatic heterocycles. The highest BCUT2D eigenvalue weighted by Crippen LogP contribution is 2.24. The van der Waals surface area contributed by atoms with Crippen LogP contribution in [0.5, 0.6) is 11.8 Å². The third-order valence-electron chi connectivity index (χ3n) is 5.08. The number of aromatic nitrogens is 2. The molecule has 1 N–H and O–H groups in total. The van der Waals surface area contributed by atoms with Crippen LogP contribution in [0.1, 0.15) is 12.0 Å². The molecule has 1 fully saturated rings. The first-order valence-corrected chi connectivity index (χ1v) is 9.88. The molecule has 2 aromatic rings. The van der Waals surface area contributed by atoms with E-state index in [1.165, 1.54) is 6.20 Å². The highest BCUT2D eigenvalue weighted by atomic mass is 16.6. The second kappa shape index (κ2) is 9.06. The topological polar surface area (TPSA) is 94.7 Å². The molecule has 29 heavy (non-hydrogen) atoms. The van der Waals surface area contributed by atoms with Gasteiger partial charge in [0.1, 0.15) is 24.7 Å². The largest absolute Gasteiger partial charge is 0.490 e. The number of aryl methyl sites for hydroxylation is 1. The molecule has 154 valence electrons. The molecule has 3 heterocycles. The van der Waals surface area contributed by atoms with E-state index in [2.05, 4.69) is 27.4 Å². The number of rotatable bonds is 7. The quantitative estimate of drug-likeness (QED) is 0.562. The average molecular weight is 399 g/mol. The molecule has 0 amide bonds. The van der Waals surface area contributed by atoms with Gasteiger partial charge in [0.25, 0.3) is 0 Å². The van der Waals surface area contributed by atoms with Crippen LogP contribution < -0.4 is 14.8 Å². The van der Waals surface area contributed by atoms with E-state index < -0.39 is 4.92 Å². The van der Waals surface area contributed by atoms with E-state index in [-0.39, 0.29) is 17.9 Å². The first-order valence-electron chi connectivity index (χ1n) is 9.88. The van der Waals surface area contributed by atoms with Crippen molar-refractivity contribution in [2.24, 2.45) is 0 Å². The SMILES string of the molecule is O=[N+]([O-])c1cn2c(n1)OC(COc1ccc(C=CCN3CCNCC3)cc1)CC2. The first kappa shape index (κ1) is 19.4. The molecule has 0 aliphatic carbocycles. The van der Waals surface area contributed by atoms with Gasteiger partial charge in [-0.15, -0.1) is 0 Å². The maximum absolute atomic E-state index is 10.8. The van der Waals surface area contributed by atoms with Crippen molar-refractivity contribution in [2.75, 3.05) is 39.3 Å². The standard InChI is InChI=1S/C20H25N5O4/c26-25(27)19-14-24-11-7-18(29-20(24)22-19)15-28-17-5-3-16(4-6-17)2-1-10-23-12-8-21-9-13-23/h1-6,14,18,21H,7-13,15H2. The fourth-order valence-corrected chi connectivity index (χ4v) is 3.43. The number of nitro groups is 1. The van der Waals surface area contributed by atoms with E-state index in [0.29, 0.717) is 19.6 Å². The summed E-state index contributed by atoms with van der Waals surface area (Å²) in [4.78, 5) is 16.6. The maximum Gasteiger partial charge on any atom is 0.414 e. The van der Waals surface area contributed by atoms with Gasteiger partial charge in [-0.2, -0.15) is 0 Å². The zero-order chi connectivity index (χ0) is 20.1. The summed E-state index contributed by atoms with van der Waals surface area (Å²) >= 11 is 0. The minimum Gasteiger partial charge on any atom is -0.490 e. The van der Waals surface area contributed by atoms with Crippen molar-refractivity contribution in [1.29, 1.82) is 0 Å². The number of imidazole rings is 1. The highest BCUT2D eigenvalue weighted by Gasteiger charge is 2.28. The first-order chi connectivity index (χ1) is 14.2. The Morgan fingerprint density at radius 3 is 2.83 bits per heavy atom. The van der Waals surface area contributed by atoms with E-state index in [9.17, 15) is 10.1 Å². The van der Waals surface area contributed by atoms with Gasteiger partial charge in [-0.3, -0.25) is 9.47 Å². The molecular formula is C20H25N5O4.